The number of nitrogens with zero attached hydrogens (tertiary/aromatic N) is 4. The minimum absolute atomic E-state index is 0.192. The third-order valence-electron chi connectivity index (χ3n) is 7.12. The van der Waals surface area contributed by atoms with Crippen LogP contribution >= 0.6 is 0 Å². The second kappa shape index (κ2) is 10.7. The molecule has 0 radical (unpaired) electrons. The van der Waals surface area contributed by atoms with Crippen molar-refractivity contribution < 1.29 is 9.13 Å². The van der Waals surface area contributed by atoms with Crippen LogP contribution in [0.25, 0.3) is 0 Å². The Balaban J connectivity index is 1.55. The van der Waals surface area contributed by atoms with Crippen LogP contribution in [0, 0.1) is 11.7 Å². The third-order valence-corrected chi connectivity index (χ3v) is 7.12. The summed E-state index contributed by atoms with van der Waals surface area (Å²) in [6.45, 7) is 7.40. The van der Waals surface area contributed by atoms with Gasteiger partial charge in [-0.2, -0.15) is 4.99 Å². The summed E-state index contributed by atoms with van der Waals surface area (Å²) < 4.78 is 19.6. The number of methoxy groups -OCH3 is 1. The molecule has 0 amide bonds. The summed E-state index contributed by atoms with van der Waals surface area (Å²) in [4.78, 5) is 13.6. The van der Waals surface area contributed by atoms with Crippen LogP contribution in [-0.4, -0.2) is 61.9 Å². The summed E-state index contributed by atoms with van der Waals surface area (Å²) in [5, 5.41) is 7.01. The van der Waals surface area contributed by atoms with Gasteiger partial charge in [0.25, 0.3) is 0 Å². The number of anilines is 1. The van der Waals surface area contributed by atoms with Gasteiger partial charge in [0.1, 0.15) is 0 Å². The fraction of sp³-hybridized carbons (Fsp3) is 0.667. The molecule has 1 aromatic rings. The Bertz CT molecular complexity index is 868. The van der Waals surface area contributed by atoms with Crippen molar-refractivity contribution in [2.75, 3.05) is 31.6 Å². The molecule has 2 heterocycles. The number of nitrogens with one attached hydrogen (secondary N) is 2. The first-order chi connectivity index (χ1) is 16.0. The molecule has 4 N–H and O–H groups in total. The summed E-state index contributed by atoms with van der Waals surface area (Å²) >= 11 is 0. The number of ether oxygens (including phenoxy) is 1. The molecule has 9 heteroatoms. The first-order valence-electron chi connectivity index (χ1n) is 12.3. The van der Waals surface area contributed by atoms with E-state index in [4.69, 9.17) is 15.5 Å². The Hall–Kier alpha value is -2.39. The molecule has 1 saturated carbocycles. The van der Waals surface area contributed by atoms with Gasteiger partial charge in [0, 0.05) is 24.7 Å². The molecular weight excluding hydrogens is 421 g/mol. The Labute approximate surface area is 196 Å². The zero-order valence-electron chi connectivity index (χ0n) is 20.1. The van der Waals surface area contributed by atoms with Crippen molar-refractivity contribution in [3.8, 4) is 5.75 Å². The number of aliphatic imine (C=N–C) groups is 2. The highest BCUT2D eigenvalue weighted by Gasteiger charge is 2.30. The Morgan fingerprint density at radius 2 is 2.00 bits per heavy atom. The van der Waals surface area contributed by atoms with E-state index in [0.717, 1.165) is 44.8 Å². The first kappa shape index (κ1) is 23.8. The highest BCUT2D eigenvalue weighted by atomic mass is 19.1. The lowest BCUT2D eigenvalue weighted by Gasteiger charge is -2.35. The Morgan fingerprint density at radius 1 is 1.21 bits per heavy atom. The van der Waals surface area contributed by atoms with Gasteiger partial charge in [0.15, 0.2) is 17.9 Å². The molecule has 8 nitrogen and oxygen atoms in total. The predicted molar refractivity (Wildman–Crippen MR) is 131 cm³/mol. The highest BCUT2D eigenvalue weighted by molar-refractivity contribution is 6.06. The molecule has 0 spiro atoms. The Morgan fingerprint density at radius 3 is 2.70 bits per heavy atom. The molecule has 1 aromatic carbocycles. The van der Waals surface area contributed by atoms with Crippen molar-refractivity contribution in [1.82, 2.24) is 15.5 Å². The monoisotopic (exact) mass is 459 g/mol. The zero-order valence-corrected chi connectivity index (χ0v) is 20.1. The van der Waals surface area contributed by atoms with Crippen molar-refractivity contribution in [2.24, 2.45) is 21.6 Å². The van der Waals surface area contributed by atoms with Crippen molar-refractivity contribution in [3.05, 3.63) is 24.0 Å². The number of likely N-dealkylation sites (tertiary alicyclic amines) is 1. The number of guanidine groups is 2. The average Bonchev–Trinajstić information content (AvgIpc) is 3.26. The summed E-state index contributed by atoms with van der Waals surface area (Å²) in [6, 6.07) is 5.60. The molecule has 0 bridgehead atoms. The number of hydrogen-bond donors (Lipinski definition) is 3. The van der Waals surface area contributed by atoms with Gasteiger partial charge in [-0.15, -0.1) is 0 Å². The molecule has 3 aliphatic rings. The van der Waals surface area contributed by atoms with Gasteiger partial charge < -0.3 is 15.4 Å². The molecule has 2 atom stereocenters. The van der Waals surface area contributed by atoms with E-state index in [1.807, 2.05) is 0 Å². The number of likely N-dealkylation sites (N-methyl/N-ethyl adjacent to an activating group) is 1. The maximum atomic E-state index is 14.5. The maximum Gasteiger partial charge on any atom is 0.224 e. The number of hydrogen-bond acceptors (Lipinski definition) is 8. The van der Waals surface area contributed by atoms with Gasteiger partial charge in [0.2, 0.25) is 11.9 Å². The van der Waals surface area contributed by atoms with Gasteiger partial charge in [-0.05, 0) is 69.7 Å². The molecule has 2 unspecified atom stereocenters. The maximum absolute atomic E-state index is 14.5. The number of rotatable bonds is 6. The van der Waals surface area contributed by atoms with Gasteiger partial charge in [-0.25, -0.2) is 9.38 Å². The molecule has 2 aliphatic heterocycles. The lowest BCUT2D eigenvalue weighted by molar-refractivity contribution is 0.267. The number of halogens is 1. The smallest absolute Gasteiger partial charge is 0.224 e. The van der Waals surface area contributed by atoms with Gasteiger partial charge >= 0.3 is 0 Å². The van der Waals surface area contributed by atoms with Crippen LogP contribution in [0.4, 0.5) is 10.1 Å². The summed E-state index contributed by atoms with van der Waals surface area (Å²) in [7, 11) is 1.45. The van der Waals surface area contributed by atoms with Crippen molar-refractivity contribution in [3.63, 3.8) is 0 Å². The predicted octanol–water partition coefficient (Wildman–Crippen LogP) is 2.85. The second-order valence-corrected chi connectivity index (χ2v) is 9.40. The molecule has 2 fully saturated rings. The fourth-order valence-corrected chi connectivity index (χ4v) is 5.10. The van der Waals surface area contributed by atoms with E-state index in [9.17, 15) is 4.39 Å². The van der Waals surface area contributed by atoms with E-state index in [1.54, 1.807) is 17.0 Å². The van der Waals surface area contributed by atoms with Crippen LogP contribution < -0.4 is 26.0 Å². The van der Waals surface area contributed by atoms with Gasteiger partial charge in [0.05, 0.1) is 12.8 Å². The normalized spacial score (nSPS) is 28.3. The summed E-state index contributed by atoms with van der Waals surface area (Å²) in [6.07, 6.45) is 6.26. The molecule has 33 heavy (non-hydrogen) atoms. The van der Waals surface area contributed by atoms with E-state index >= 15 is 0 Å². The van der Waals surface area contributed by atoms with E-state index in [2.05, 4.69) is 34.4 Å². The van der Waals surface area contributed by atoms with Crippen LogP contribution in [0.2, 0.25) is 0 Å². The van der Waals surface area contributed by atoms with E-state index < -0.39 is 12.1 Å². The molecule has 182 valence electrons. The number of nitrogens with two attached hydrogens (primary N) is 1. The zero-order chi connectivity index (χ0) is 23.4. The van der Waals surface area contributed by atoms with Gasteiger partial charge in [-0.1, -0.05) is 13.8 Å². The van der Waals surface area contributed by atoms with Gasteiger partial charge in [-0.3, -0.25) is 15.5 Å². The minimum Gasteiger partial charge on any atom is -0.494 e. The quantitative estimate of drug-likeness (QED) is 0.606. The first-order valence-corrected chi connectivity index (χ1v) is 12.3. The van der Waals surface area contributed by atoms with E-state index in [0.29, 0.717) is 29.7 Å². The second-order valence-electron chi connectivity index (χ2n) is 9.40. The lowest BCUT2D eigenvalue weighted by Crippen LogP contribution is -2.57. The SMILES string of the molecule is CCN1CCCC1CNC1=NC(NC2CCC(C)CC2)=NC(N)N1c1ccc(OC)c(F)c1. The summed E-state index contributed by atoms with van der Waals surface area (Å²) in [5.41, 5.74) is 7.07. The minimum atomic E-state index is -0.714. The van der Waals surface area contributed by atoms with Crippen LogP contribution in [0.5, 0.6) is 5.75 Å². The molecular formula is C24H38FN7O. The average molecular weight is 460 g/mol. The third kappa shape index (κ3) is 5.58. The summed E-state index contributed by atoms with van der Waals surface area (Å²) in [5.74, 6) is 1.66. The van der Waals surface area contributed by atoms with E-state index in [-0.39, 0.29) is 5.75 Å². The van der Waals surface area contributed by atoms with Crippen LogP contribution in [0.1, 0.15) is 52.4 Å². The number of benzene rings is 1. The van der Waals surface area contributed by atoms with Crippen LogP contribution in [0.15, 0.2) is 28.2 Å². The van der Waals surface area contributed by atoms with E-state index in [1.165, 1.54) is 32.4 Å². The molecule has 1 aliphatic carbocycles. The largest absolute Gasteiger partial charge is 0.494 e. The van der Waals surface area contributed by atoms with Crippen LogP contribution in [0.3, 0.4) is 0 Å². The highest BCUT2D eigenvalue weighted by Crippen LogP contribution is 2.27. The molecule has 0 aromatic heterocycles. The topological polar surface area (TPSA) is 90.5 Å². The molecule has 1 saturated heterocycles. The van der Waals surface area contributed by atoms with Crippen LogP contribution in [-0.2, 0) is 0 Å². The standard InChI is InChI=1S/C24H38FN7O/c1-4-31-13-5-6-19(31)15-27-24-30-23(28-17-9-7-16(2)8-10-17)29-22(26)32(24)18-11-12-21(33-3)20(25)14-18/h11-12,14,16-17,19,22H,4-10,13,15,26H2,1-3H3,(H2,27,28,29,30). The van der Waals surface area contributed by atoms with Crippen molar-refractivity contribution in [2.45, 2.75) is 70.7 Å². The fourth-order valence-electron chi connectivity index (χ4n) is 5.10. The lowest BCUT2D eigenvalue weighted by atomic mass is 9.87. The van der Waals surface area contributed by atoms with Crippen molar-refractivity contribution in [1.29, 1.82) is 0 Å². The Kier molecular flexibility index (Phi) is 7.70. The molecule has 4 rings (SSSR count). The van der Waals surface area contributed by atoms with Crippen molar-refractivity contribution >= 4 is 17.6 Å².